The van der Waals surface area contributed by atoms with E-state index in [0.717, 1.165) is 43.6 Å². The third-order valence-electron chi connectivity index (χ3n) is 6.56. The maximum atomic E-state index is 14.0. The van der Waals surface area contributed by atoms with Crippen LogP contribution in [0.1, 0.15) is 69.6 Å². The largest absolute Gasteiger partial charge is 0.493 e. The number of aromatic nitrogens is 1. The maximum Gasteiger partial charge on any atom is 0.270 e. The molecule has 3 aromatic rings. The molecule has 1 fully saturated rings. The number of benzene rings is 1. The van der Waals surface area contributed by atoms with Crippen molar-refractivity contribution in [3.05, 3.63) is 58.5 Å². The van der Waals surface area contributed by atoms with E-state index in [4.69, 9.17) is 25.4 Å². The molecule has 0 aliphatic heterocycles. The van der Waals surface area contributed by atoms with Crippen molar-refractivity contribution in [2.24, 2.45) is 5.73 Å². The second kappa shape index (κ2) is 12.0. The number of ether oxygens (including phenoxy) is 2. The third-order valence-corrected chi connectivity index (χ3v) is 7.41. The molecule has 5 N–H and O–H groups in total. The van der Waals surface area contributed by atoms with Crippen molar-refractivity contribution in [3.63, 3.8) is 0 Å². The van der Waals surface area contributed by atoms with E-state index in [9.17, 15) is 14.4 Å². The Kier molecular flexibility index (Phi) is 8.52. The Morgan fingerprint density at radius 1 is 1.16 bits per heavy atom. The van der Waals surface area contributed by atoms with E-state index in [1.165, 1.54) is 25.4 Å². The molecule has 0 saturated heterocycles. The molecule has 202 valence electrons. The van der Waals surface area contributed by atoms with Gasteiger partial charge in [-0.2, -0.15) is 4.37 Å². The fraction of sp³-hybridized carbons (Fsp3) is 0.385. The Bertz CT molecular complexity index is 1290. The van der Waals surface area contributed by atoms with E-state index in [1.54, 1.807) is 30.3 Å². The van der Waals surface area contributed by atoms with Gasteiger partial charge in [0.15, 0.2) is 17.2 Å². The Hall–Kier alpha value is -4.06. The number of nitrogens with zero attached hydrogens (tertiary/aromatic N) is 2. The molecule has 1 aliphatic carbocycles. The van der Waals surface area contributed by atoms with Crippen molar-refractivity contribution in [1.29, 1.82) is 0 Å². The highest BCUT2D eigenvalue weighted by atomic mass is 32.1. The van der Waals surface area contributed by atoms with Crippen LogP contribution in [-0.2, 0) is 11.3 Å². The lowest BCUT2D eigenvalue weighted by Crippen LogP contribution is -2.46. The van der Waals surface area contributed by atoms with Crippen LogP contribution >= 0.6 is 11.5 Å². The van der Waals surface area contributed by atoms with Gasteiger partial charge in [0, 0.05) is 6.04 Å². The number of hydrogen-bond acceptors (Lipinski definition) is 9. The number of rotatable bonds is 10. The smallest absolute Gasteiger partial charge is 0.270 e. The van der Waals surface area contributed by atoms with Crippen molar-refractivity contribution in [2.75, 3.05) is 20.0 Å². The zero-order chi connectivity index (χ0) is 27.2. The second-order valence-electron chi connectivity index (χ2n) is 9.01. The number of carbonyl (C=O) groups excluding carboxylic acids is 3. The first kappa shape index (κ1) is 27.0. The highest BCUT2D eigenvalue weighted by Crippen LogP contribution is 2.35. The topological polar surface area (TPSA) is 163 Å². The predicted octanol–water partition coefficient (Wildman–Crippen LogP) is 3.27. The second-order valence-corrected chi connectivity index (χ2v) is 9.78. The summed E-state index contributed by atoms with van der Waals surface area (Å²) in [6, 6.07) is 7.35. The van der Waals surface area contributed by atoms with E-state index < -0.39 is 17.9 Å². The van der Waals surface area contributed by atoms with Crippen LogP contribution in [0.15, 0.2) is 41.0 Å². The molecule has 1 aliphatic rings. The molecule has 0 bridgehead atoms. The summed E-state index contributed by atoms with van der Waals surface area (Å²) in [4.78, 5) is 41.1. The first-order valence-electron chi connectivity index (χ1n) is 12.2. The molecule has 0 radical (unpaired) electrons. The number of furan rings is 1. The van der Waals surface area contributed by atoms with Gasteiger partial charge in [0.25, 0.3) is 11.8 Å². The molecule has 2 heterocycles. The number of nitrogen functional groups attached to an aromatic ring is 1. The van der Waals surface area contributed by atoms with Gasteiger partial charge >= 0.3 is 0 Å². The molecule has 3 amide bonds. The van der Waals surface area contributed by atoms with Crippen molar-refractivity contribution >= 4 is 34.9 Å². The fourth-order valence-corrected chi connectivity index (χ4v) is 5.39. The minimum atomic E-state index is -1.09. The molecular formula is C26H31N5O6S. The number of primary amides is 1. The van der Waals surface area contributed by atoms with Gasteiger partial charge in [-0.3, -0.25) is 14.4 Å². The number of carbonyl (C=O) groups is 3. The first-order valence-corrected chi connectivity index (χ1v) is 13.0. The lowest BCUT2D eigenvalue weighted by molar-refractivity contribution is -0.127. The standard InChI is InChI=1S/C26H31N5O6S/c1-35-18-11-10-15(13-19(18)36-2)22(25(33)29-16-7-4-3-5-8-16)31(14-17-9-6-12-37-17)26(34)23-20(27)21(24(28)32)30-38-23/h6,9-13,16,22H,3-5,7-8,14,27H2,1-2H3,(H2,28,32)(H,29,33). The number of nitrogens with two attached hydrogens (primary N) is 2. The Morgan fingerprint density at radius 3 is 2.50 bits per heavy atom. The van der Waals surface area contributed by atoms with Gasteiger partial charge in [-0.15, -0.1) is 0 Å². The van der Waals surface area contributed by atoms with Crippen molar-refractivity contribution in [3.8, 4) is 11.5 Å². The zero-order valence-corrected chi connectivity index (χ0v) is 22.1. The molecule has 4 rings (SSSR count). The molecule has 2 aromatic heterocycles. The van der Waals surface area contributed by atoms with Crippen LogP contribution < -0.4 is 26.3 Å². The van der Waals surface area contributed by atoms with Crippen LogP contribution in [0.4, 0.5) is 5.69 Å². The monoisotopic (exact) mass is 541 g/mol. The highest BCUT2D eigenvalue weighted by molar-refractivity contribution is 7.09. The fourth-order valence-electron chi connectivity index (χ4n) is 4.63. The number of nitrogens with one attached hydrogen (secondary N) is 1. The van der Waals surface area contributed by atoms with Gasteiger partial charge in [0.2, 0.25) is 5.91 Å². The van der Waals surface area contributed by atoms with Crippen LogP contribution in [0.3, 0.4) is 0 Å². The predicted molar refractivity (Wildman–Crippen MR) is 141 cm³/mol. The molecular weight excluding hydrogens is 510 g/mol. The van der Waals surface area contributed by atoms with Gasteiger partial charge in [0.05, 0.1) is 32.7 Å². The summed E-state index contributed by atoms with van der Waals surface area (Å²) >= 11 is 0.753. The van der Waals surface area contributed by atoms with Crippen molar-refractivity contribution in [2.45, 2.75) is 50.7 Å². The average molecular weight is 542 g/mol. The van der Waals surface area contributed by atoms with E-state index in [0.29, 0.717) is 22.8 Å². The molecule has 1 aromatic carbocycles. The van der Waals surface area contributed by atoms with E-state index in [2.05, 4.69) is 9.69 Å². The van der Waals surface area contributed by atoms with Crippen LogP contribution in [0.2, 0.25) is 0 Å². The summed E-state index contributed by atoms with van der Waals surface area (Å²) in [6.45, 7) is -0.0494. The normalized spacial score (nSPS) is 14.5. The summed E-state index contributed by atoms with van der Waals surface area (Å²) in [5.74, 6) is -0.470. The highest BCUT2D eigenvalue weighted by Gasteiger charge is 2.36. The lowest BCUT2D eigenvalue weighted by Gasteiger charge is -2.33. The Labute approximate surface area is 224 Å². The molecule has 11 nitrogen and oxygen atoms in total. The van der Waals surface area contributed by atoms with Crippen LogP contribution in [-0.4, -0.2) is 47.3 Å². The van der Waals surface area contributed by atoms with Crippen LogP contribution in [0, 0.1) is 0 Å². The van der Waals surface area contributed by atoms with E-state index in [-0.39, 0.29) is 34.8 Å². The van der Waals surface area contributed by atoms with Gasteiger partial charge < -0.3 is 35.6 Å². The Morgan fingerprint density at radius 2 is 1.89 bits per heavy atom. The number of hydrogen-bond donors (Lipinski definition) is 3. The lowest BCUT2D eigenvalue weighted by atomic mass is 9.94. The van der Waals surface area contributed by atoms with Gasteiger partial charge in [0.1, 0.15) is 16.7 Å². The van der Waals surface area contributed by atoms with Crippen LogP contribution in [0.5, 0.6) is 11.5 Å². The minimum Gasteiger partial charge on any atom is -0.493 e. The maximum absolute atomic E-state index is 14.0. The number of methoxy groups -OCH3 is 2. The first-order chi connectivity index (χ1) is 18.3. The van der Waals surface area contributed by atoms with E-state index in [1.807, 2.05) is 0 Å². The summed E-state index contributed by atoms with van der Waals surface area (Å²) in [5, 5.41) is 3.13. The summed E-state index contributed by atoms with van der Waals surface area (Å²) in [6.07, 6.45) is 6.38. The van der Waals surface area contributed by atoms with Crippen LogP contribution in [0.25, 0.3) is 0 Å². The average Bonchev–Trinajstić information content (AvgIpc) is 3.58. The van der Waals surface area contributed by atoms with E-state index >= 15 is 0 Å². The molecule has 0 spiro atoms. The molecule has 38 heavy (non-hydrogen) atoms. The number of amides is 3. The van der Waals surface area contributed by atoms with Gasteiger partial charge in [-0.1, -0.05) is 25.3 Å². The number of anilines is 1. The Balaban J connectivity index is 1.81. The SMILES string of the molecule is COc1ccc(C(C(=O)NC2CCCCC2)N(Cc2ccco2)C(=O)c2snc(C(N)=O)c2N)cc1OC. The van der Waals surface area contributed by atoms with Gasteiger partial charge in [-0.25, -0.2) is 0 Å². The quantitative estimate of drug-likeness (QED) is 0.352. The molecule has 1 unspecified atom stereocenters. The minimum absolute atomic E-state index is 0.00120. The summed E-state index contributed by atoms with van der Waals surface area (Å²) in [5.41, 5.74) is 11.7. The van der Waals surface area contributed by atoms with Gasteiger partial charge in [-0.05, 0) is 54.2 Å². The molecule has 1 saturated carbocycles. The third kappa shape index (κ3) is 5.75. The molecule has 12 heteroatoms. The van der Waals surface area contributed by atoms with Crippen molar-refractivity contribution in [1.82, 2.24) is 14.6 Å². The van der Waals surface area contributed by atoms with Crippen molar-refractivity contribution < 1.29 is 28.3 Å². The molecule has 1 atom stereocenters. The summed E-state index contributed by atoms with van der Waals surface area (Å²) < 4.78 is 20.4. The summed E-state index contributed by atoms with van der Waals surface area (Å²) in [7, 11) is 3.01. The zero-order valence-electron chi connectivity index (χ0n) is 21.3.